The van der Waals surface area contributed by atoms with E-state index < -0.39 is 0 Å². The molecular formula is C16H13N. The lowest BCUT2D eigenvalue weighted by Gasteiger charge is -2.17. The topological polar surface area (TPSA) is 12.0 Å². The highest BCUT2D eigenvalue weighted by atomic mass is 15.0. The van der Waals surface area contributed by atoms with Crippen LogP contribution in [0.5, 0.6) is 0 Å². The molecule has 1 aliphatic heterocycles. The highest BCUT2D eigenvalue weighted by molar-refractivity contribution is 5.70. The van der Waals surface area contributed by atoms with Crippen molar-refractivity contribution in [2.24, 2.45) is 0 Å². The molecule has 0 spiro atoms. The molecule has 0 bridgehead atoms. The Balaban J connectivity index is 1.97. The van der Waals surface area contributed by atoms with Gasteiger partial charge in [0.1, 0.15) is 0 Å². The van der Waals surface area contributed by atoms with Crippen molar-refractivity contribution >= 4 is 17.8 Å². The Morgan fingerprint density at radius 1 is 0.765 bits per heavy atom. The normalized spacial score (nSPS) is 23.5. The molecule has 4 rings (SSSR count). The Labute approximate surface area is 100 Å². The molecule has 2 aliphatic rings. The highest BCUT2D eigenvalue weighted by Crippen LogP contribution is 2.37. The summed E-state index contributed by atoms with van der Waals surface area (Å²) in [6.07, 6.45) is 4.73. The van der Waals surface area contributed by atoms with Gasteiger partial charge in [0, 0.05) is 11.6 Å². The summed E-state index contributed by atoms with van der Waals surface area (Å²) in [6.45, 7) is 0. The predicted octanol–water partition coefficient (Wildman–Crippen LogP) is 1.84. The third-order valence-corrected chi connectivity index (χ3v) is 3.74. The first kappa shape index (κ1) is 9.06. The third-order valence-electron chi connectivity index (χ3n) is 3.74. The number of hydrogen-bond acceptors (Lipinski definition) is 1. The minimum atomic E-state index is 0.419. The molecule has 0 saturated heterocycles. The van der Waals surface area contributed by atoms with Crippen molar-refractivity contribution in [1.29, 1.82) is 0 Å². The van der Waals surface area contributed by atoms with E-state index in [1.54, 1.807) is 0 Å². The second-order valence-corrected chi connectivity index (χ2v) is 4.75. The van der Waals surface area contributed by atoms with E-state index in [0.717, 1.165) is 0 Å². The molecule has 0 saturated carbocycles. The molecule has 1 aliphatic carbocycles. The van der Waals surface area contributed by atoms with Gasteiger partial charge < -0.3 is 5.32 Å². The average molecular weight is 219 g/mol. The van der Waals surface area contributed by atoms with Gasteiger partial charge in [-0.05, 0) is 22.1 Å². The monoisotopic (exact) mass is 219 g/mol. The number of fused-ring (bicyclic) bond motifs is 4. The van der Waals surface area contributed by atoms with E-state index >= 15 is 0 Å². The van der Waals surface area contributed by atoms with Gasteiger partial charge in [0.2, 0.25) is 0 Å². The number of benzene rings is 2. The molecule has 0 aromatic heterocycles. The quantitative estimate of drug-likeness (QED) is 0.713. The molecule has 0 radical (unpaired) electrons. The maximum absolute atomic E-state index is 3.59. The molecule has 1 N–H and O–H groups in total. The van der Waals surface area contributed by atoms with Crippen molar-refractivity contribution < 1.29 is 0 Å². The van der Waals surface area contributed by atoms with E-state index in [9.17, 15) is 0 Å². The second-order valence-electron chi connectivity index (χ2n) is 4.75. The Morgan fingerprint density at radius 3 is 2.35 bits per heavy atom. The van der Waals surface area contributed by atoms with Crippen LogP contribution in [0.4, 0.5) is 5.69 Å². The summed E-state index contributed by atoms with van der Waals surface area (Å²) in [5.41, 5.74) is 2.70. The third kappa shape index (κ3) is 1.26. The Morgan fingerprint density at radius 2 is 1.47 bits per heavy atom. The summed E-state index contributed by atoms with van der Waals surface area (Å²) >= 11 is 0. The number of para-hydroxylation sites is 1. The van der Waals surface area contributed by atoms with Crippen LogP contribution in [0.3, 0.4) is 0 Å². The molecule has 0 amide bonds. The van der Waals surface area contributed by atoms with Gasteiger partial charge in [-0.2, -0.15) is 0 Å². The number of anilines is 1. The van der Waals surface area contributed by atoms with Gasteiger partial charge in [0.15, 0.2) is 0 Å². The van der Waals surface area contributed by atoms with Gasteiger partial charge >= 0.3 is 0 Å². The minimum absolute atomic E-state index is 0.419. The van der Waals surface area contributed by atoms with Gasteiger partial charge in [0.05, 0.1) is 6.04 Å². The summed E-state index contributed by atoms with van der Waals surface area (Å²) in [6, 6.07) is 17.6. The summed E-state index contributed by atoms with van der Waals surface area (Å²) in [5, 5.41) is 6.29. The second kappa shape index (κ2) is 3.24. The number of rotatable bonds is 0. The van der Waals surface area contributed by atoms with Crippen molar-refractivity contribution in [3.05, 3.63) is 64.5 Å². The molecule has 0 fully saturated rings. The SMILES string of the molecule is C1=c2ccccc2=CC2c3ccccc3NC12. The molecule has 1 nitrogen and oxygen atoms in total. The van der Waals surface area contributed by atoms with Gasteiger partial charge in [-0.25, -0.2) is 0 Å². The molecule has 2 unspecified atom stereocenters. The first-order valence-corrected chi connectivity index (χ1v) is 6.06. The summed E-state index contributed by atoms with van der Waals surface area (Å²) in [7, 11) is 0. The molecule has 2 aromatic rings. The molecule has 2 atom stereocenters. The van der Waals surface area contributed by atoms with Crippen LogP contribution in [-0.2, 0) is 0 Å². The summed E-state index contributed by atoms with van der Waals surface area (Å²) in [4.78, 5) is 0. The maximum atomic E-state index is 3.59. The first-order valence-electron chi connectivity index (χ1n) is 6.06. The van der Waals surface area contributed by atoms with E-state index in [0.29, 0.717) is 12.0 Å². The van der Waals surface area contributed by atoms with Crippen molar-refractivity contribution in [1.82, 2.24) is 0 Å². The number of hydrogen-bond donors (Lipinski definition) is 1. The Hall–Kier alpha value is -2.02. The predicted molar refractivity (Wildman–Crippen MR) is 71.2 cm³/mol. The summed E-state index contributed by atoms with van der Waals surface area (Å²) in [5.74, 6) is 0.487. The van der Waals surface area contributed by atoms with Crippen LogP contribution >= 0.6 is 0 Å². The molecular weight excluding hydrogens is 206 g/mol. The van der Waals surface area contributed by atoms with Gasteiger partial charge in [-0.3, -0.25) is 0 Å². The molecule has 2 aromatic carbocycles. The fraction of sp³-hybridized carbons (Fsp3) is 0.125. The zero-order valence-electron chi connectivity index (χ0n) is 9.43. The lowest BCUT2D eigenvalue weighted by Crippen LogP contribution is -2.34. The molecule has 17 heavy (non-hydrogen) atoms. The van der Waals surface area contributed by atoms with E-state index in [1.165, 1.54) is 21.7 Å². The highest BCUT2D eigenvalue weighted by Gasteiger charge is 2.29. The average Bonchev–Trinajstić information content (AvgIpc) is 2.73. The van der Waals surface area contributed by atoms with Crippen molar-refractivity contribution in [2.75, 3.05) is 5.32 Å². The van der Waals surface area contributed by atoms with Crippen LogP contribution < -0.4 is 15.8 Å². The van der Waals surface area contributed by atoms with Crippen molar-refractivity contribution in [2.45, 2.75) is 12.0 Å². The minimum Gasteiger partial charge on any atom is -0.378 e. The zero-order valence-corrected chi connectivity index (χ0v) is 9.43. The van der Waals surface area contributed by atoms with E-state index in [-0.39, 0.29) is 0 Å². The fourth-order valence-corrected chi connectivity index (χ4v) is 2.92. The smallest absolute Gasteiger partial charge is 0.0557 e. The largest absolute Gasteiger partial charge is 0.378 e. The van der Waals surface area contributed by atoms with Crippen LogP contribution in [0.25, 0.3) is 12.2 Å². The lowest BCUT2D eigenvalue weighted by atomic mass is 9.90. The van der Waals surface area contributed by atoms with Crippen LogP contribution in [0.1, 0.15) is 11.5 Å². The van der Waals surface area contributed by atoms with E-state index in [2.05, 4.69) is 66.0 Å². The molecule has 1 heteroatoms. The standard InChI is InChI=1S/C16H13N/c1-2-6-12-10-16-14(9-11(12)5-1)13-7-3-4-8-15(13)17-16/h1-10,14,16-17H. The molecule has 82 valence electrons. The Bertz CT molecular complexity index is 699. The van der Waals surface area contributed by atoms with E-state index in [4.69, 9.17) is 0 Å². The maximum Gasteiger partial charge on any atom is 0.0557 e. The summed E-state index contributed by atoms with van der Waals surface area (Å²) < 4.78 is 0. The fourth-order valence-electron chi connectivity index (χ4n) is 2.92. The lowest BCUT2D eigenvalue weighted by molar-refractivity contribution is 0.871. The zero-order chi connectivity index (χ0) is 11.2. The van der Waals surface area contributed by atoms with Gasteiger partial charge in [-0.1, -0.05) is 54.6 Å². The van der Waals surface area contributed by atoms with Crippen LogP contribution in [0.2, 0.25) is 0 Å². The van der Waals surface area contributed by atoms with Crippen LogP contribution in [0, 0.1) is 0 Å². The van der Waals surface area contributed by atoms with Crippen molar-refractivity contribution in [3.63, 3.8) is 0 Å². The van der Waals surface area contributed by atoms with Gasteiger partial charge in [0.25, 0.3) is 0 Å². The van der Waals surface area contributed by atoms with Crippen LogP contribution in [0.15, 0.2) is 48.5 Å². The van der Waals surface area contributed by atoms with E-state index in [1.807, 2.05) is 0 Å². The van der Waals surface area contributed by atoms with Gasteiger partial charge in [-0.15, -0.1) is 0 Å². The van der Waals surface area contributed by atoms with Crippen molar-refractivity contribution in [3.8, 4) is 0 Å². The number of nitrogens with one attached hydrogen (secondary N) is 1. The molecule has 1 heterocycles. The Kier molecular flexibility index (Phi) is 1.72. The first-order chi connectivity index (χ1) is 8.42. The van der Waals surface area contributed by atoms with Crippen LogP contribution in [-0.4, -0.2) is 6.04 Å².